The third-order valence-corrected chi connectivity index (χ3v) is 13.0. The molecule has 0 rings (SSSR count). The second kappa shape index (κ2) is 62.4. The predicted octanol–water partition coefficient (Wildman–Crippen LogP) is 21.2. The van der Waals surface area contributed by atoms with Crippen LogP contribution >= 0.6 is 0 Å². The van der Waals surface area contributed by atoms with Crippen LogP contribution in [0.5, 0.6) is 0 Å². The van der Waals surface area contributed by atoms with Gasteiger partial charge >= 0.3 is 17.9 Å². The summed E-state index contributed by atoms with van der Waals surface area (Å²) in [6, 6.07) is 0. The summed E-state index contributed by atoms with van der Waals surface area (Å²) in [4.78, 5) is 38.0. The second-order valence-corrected chi connectivity index (χ2v) is 20.2. The van der Waals surface area contributed by atoms with Gasteiger partial charge in [0.15, 0.2) is 6.10 Å². The fraction of sp³-hybridized carbons (Fsp3) is 0.667. The van der Waals surface area contributed by atoms with Crippen molar-refractivity contribution in [2.24, 2.45) is 0 Å². The molecule has 0 N–H and O–H groups in total. The molecule has 0 bridgehead atoms. The van der Waals surface area contributed by atoms with Crippen molar-refractivity contribution < 1.29 is 28.6 Å². The molecule has 0 aliphatic carbocycles. The highest BCUT2D eigenvalue weighted by Gasteiger charge is 2.19. The first-order valence-corrected chi connectivity index (χ1v) is 31.0. The molecule has 0 aromatic rings. The van der Waals surface area contributed by atoms with E-state index in [4.69, 9.17) is 14.2 Å². The van der Waals surface area contributed by atoms with E-state index in [-0.39, 0.29) is 31.6 Å². The molecule has 6 heteroatoms. The molecule has 0 radical (unpaired) electrons. The fourth-order valence-electron chi connectivity index (χ4n) is 8.40. The topological polar surface area (TPSA) is 78.9 Å². The molecule has 0 amide bonds. The molecule has 0 spiro atoms. The third kappa shape index (κ3) is 60.6. The number of esters is 3. The molecule has 6 nitrogen and oxygen atoms in total. The van der Waals surface area contributed by atoms with Crippen LogP contribution in [0.3, 0.4) is 0 Å². The van der Waals surface area contributed by atoms with Gasteiger partial charge in [0.1, 0.15) is 13.2 Å². The highest BCUT2D eigenvalue weighted by Crippen LogP contribution is 2.16. The number of hydrogen-bond donors (Lipinski definition) is 0. The maximum atomic E-state index is 12.8. The molecule has 0 saturated carbocycles. The SMILES string of the molecule is CC/C=C\C/C=C\C/C=C\C/C=C\C/C=C\C/C=C\CCC(=O)OC(COC(=O)CCCCCCCCC)COC(=O)CCCCCCCCCCCCCCCCCCCC/C=C\C/C=C\C/C=C\C/C=C\CC. The minimum absolute atomic E-state index is 0.107. The van der Waals surface area contributed by atoms with Crippen molar-refractivity contribution in [2.45, 2.75) is 284 Å². The normalized spacial score (nSPS) is 12.9. The smallest absolute Gasteiger partial charge is 0.306 e. The van der Waals surface area contributed by atoms with Crippen molar-refractivity contribution in [3.63, 3.8) is 0 Å². The quantitative estimate of drug-likeness (QED) is 0.0261. The van der Waals surface area contributed by atoms with Crippen LogP contribution < -0.4 is 0 Å². The fourth-order valence-corrected chi connectivity index (χ4v) is 8.40. The number of carbonyl (C=O) groups excluding carboxylic acids is 3. The first-order chi connectivity index (χ1) is 37.0. The molecule has 0 aliphatic heterocycles. The number of carbonyl (C=O) groups is 3. The maximum absolute atomic E-state index is 12.8. The average Bonchev–Trinajstić information content (AvgIpc) is 3.41. The van der Waals surface area contributed by atoms with Crippen molar-refractivity contribution >= 4 is 17.9 Å². The zero-order valence-corrected chi connectivity index (χ0v) is 48.8. The first-order valence-electron chi connectivity index (χ1n) is 31.0. The lowest BCUT2D eigenvalue weighted by molar-refractivity contribution is -0.166. The Morgan fingerprint density at radius 2 is 0.547 bits per heavy atom. The Morgan fingerprint density at radius 1 is 0.280 bits per heavy atom. The molecule has 0 aliphatic rings. The molecular formula is C69H114O6. The molecule has 0 aromatic heterocycles. The van der Waals surface area contributed by atoms with Crippen LogP contribution in [-0.4, -0.2) is 37.2 Å². The van der Waals surface area contributed by atoms with Crippen molar-refractivity contribution in [3.05, 3.63) is 122 Å². The van der Waals surface area contributed by atoms with E-state index >= 15 is 0 Å². The molecule has 1 unspecified atom stereocenters. The van der Waals surface area contributed by atoms with E-state index in [0.29, 0.717) is 19.3 Å². The summed E-state index contributed by atoms with van der Waals surface area (Å²) < 4.78 is 16.7. The zero-order chi connectivity index (χ0) is 54.3. The summed E-state index contributed by atoms with van der Waals surface area (Å²) in [7, 11) is 0. The van der Waals surface area contributed by atoms with Crippen LogP contribution in [0.15, 0.2) is 122 Å². The van der Waals surface area contributed by atoms with Crippen LogP contribution in [0, 0.1) is 0 Å². The predicted molar refractivity (Wildman–Crippen MR) is 325 cm³/mol. The number of allylic oxidation sites excluding steroid dienone is 20. The Kier molecular flexibility index (Phi) is 58.9. The second-order valence-electron chi connectivity index (χ2n) is 20.2. The van der Waals surface area contributed by atoms with Gasteiger partial charge in [0.05, 0.1) is 0 Å². The molecule has 75 heavy (non-hydrogen) atoms. The van der Waals surface area contributed by atoms with Crippen molar-refractivity contribution in [1.29, 1.82) is 0 Å². The number of ether oxygens (including phenoxy) is 3. The average molecular weight is 1040 g/mol. The van der Waals surface area contributed by atoms with E-state index in [1.807, 2.05) is 6.08 Å². The molecule has 0 aromatic carbocycles. The Bertz CT molecular complexity index is 1570. The van der Waals surface area contributed by atoms with Crippen LogP contribution in [0.1, 0.15) is 278 Å². The Labute approximate surface area is 462 Å². The Morgan fingerprint density at radius 3 is 0.867 bits per heavy atom. The van der Waals surface area contributed by atoms with Gasteiger partial charge in [-0.05, 0) is 96.3 Å². The van der Waals surface area contributed by atoms with Crippen LogP contribution in [0.25, 0.3) is 0 Å². The molecule has 1 atom stereocenters. The van der Waals surface area contributed by atoms with Crippen molar-refractivity contribution in [2.75, 3.05) is 13.2 Å². The summed E-state index contributed by atoms with van der Waals surface area (Å²) in [5, 5.41) is 0. The van der Waals surface area contributed by atoms with E-state index < -0.39 is 12.1 Å². The van der Waals surface area contributed by atoms with Gasteiger partial charge in [-0.15, -0.1) is 0 Å². The largest absolute Gasteiger partial charge is 0.462 e. The van der Waals surface area contributed by atoms with Gasteiger partial charge in [0.2, 0.25) is 0 Å². The summed E-state index contributed by atoms with van der Waals surface area (Å²) in [6.45, 7) is 6.31. The highest BCUT2D eigenvalue weighted by molar-refractivity contribution is 5.71. The Balaban J connectivity index is 4.15. The standard InChI is InChI=1S/C69H114O6/c1-4-7-10-13-16-18-20-22-24-26-28-29-30-31-32-33-34-35-36-37-38-39-41-42-44-46-48-50-53-56-59-62-68(71)74-65-66(64-73-67(70)61-58-55-52-15-12-9-6-3)75-69(72)63-60-57-54-51-49-47-45-43-40-27-25-23-21-19-17-14-11-8-5-2/h7-8,10-11,16-19,22-25,28-29,40,43,47,49,54,57,66H,4-6,9,12-15,20-21,26-27,30-39,41-42,44-46,48,50-53,55-56,58-65H2,1-3H3/b10-7-,11-8-,18-16-,19-17-,24-22-,25-23-,29-28-,43-40-,49-47-,57-54-. The van der Waals surface area contributed by atoms with Crippen LogP contribution in [-0.2, 0) is 28.6 Å². The van der Waals surface area contributed by atoms with E-state index in [0.717, 1.165) is 103 Å². The van der Waals surface area contributed by atoms with Gasteiger partial charge in [0, 0.05) is 19.3 Å². The van der Waals surface area contributed by atoms with Gasteiger partial charge in [-0.25, -0.2) is 0 Å². The lowest BCUT2D eigenvalue weighted by atomic mass is 10.0. The summed E-state index contributed by atoms with van der Waals surface area (Å²) in [6.07, 6.45) is 86.8. The van der Waals surface area contributed by atoms with E-state index in [2.05, 4.69) is 136 Å². The van der Waals surface area contributed by atoms with E-state index in [1.165, 1.54) is 128 Å². The van der Waals surface area contributed by atoms with Crippen molar-refractivity contribution in [3.8, 4) is 0 Å². The van der Waals surface area contributed by atoms with E-state index in [9.17, 15) is 14.4 Å². The molecular weight excluding hydrogens is 925 g/mol. The summed E-state index contributed by atoms with van der Waals surface area (Å²) in [5.41, 5.74) is 0. The van der Waals surface area contributed by atoms with Crippen LogP contribution in [0.4, 0.5) is 0 Å². The van der Waals surface area contributed by atoms with Gasteiger partial charge in [-0.2, -0.15) is 0 Å². The molecule has 0 saturated heterocycles. The van der Waals surface area contributed by atoms with Crippen LogP contribution in [0.2, 0.25) is 0 Å². The lowest BCUT2D eigenvalue weighted by Crippen LogP contribution is -2.30. The van der Waals surface area contributed by atoms with Gasteiger partial charge in [-0.1, -0.05) is 284 Å². The molecule has 0 fully saturated rings. The lowest BCUT2D eigenvalue weighted by Gasteiger charge is -2.18. The maximum Gasteiger partial charge on any atom is 0.306 e. The van der Waals surface area contributed by atoms with Gasteiger partial charge < -0.3 is 14.2 Å². The van der Waals surface area contributed by atoms with E-state index in [1.54, 1.807) is 0 Å². The minimum atomic E-state index is -0.817. The number of unbranched alkanes of at least 4 members (excludes halogenated alkanes) is 24. The van der Waals surface area contributed by atoms with Crippen molar-refractivity contribution in [1.82, 2.24) is 0 Å². The van der Waals surface area contributed by atoms with Gasteiger partial charge in [-0.3, -0.25) is 14.4 Å². The molecule has 426 valence electrons. The third-order valence-electron chi connectivity index (χ3n) is 13.0. The van der Waals surface area contributed by atoms with Gasteiger partial charge in [0.25, 0.3) is 0 Å². The molecule has 0 heterocycles. The Hall–Kier alpha value is -4.19. The summed E-state index contributed by atoms with van der Waals surface area (Å²) >= 11 is 0. The zero-order valence-electron chi connectivity index (χ0n) is 48.8. The number of hydrogen-bond acceptors (Lipinski definition) is 6. The number of rotatable bonds is 55. The minimum Gasteiger partial charge on any atom is -0.462 e. The first kappa shape index (κ1) is 70.8. The highest BCUT2D eigenvalue weighted by atomic mass is 16.6. The summed E-state index contributed by atoms with van der Waals surface area (Å²) in [5.74, 6) is -0.996. The monoisotopic (exact) mass is 1040 g/mol.